The van der Waals surface area contributed by atoms with Crippen LogP contribution in [-0.4, -0.2) is 0 Å². The van der Waals surface area contributed by atoms with Crippen LogP contribution in [-0.2, 0) is 13.0 Å². The van der Waals surface area contributed by atoms with Crippen molar-refractivity contribution in [3.05, 3.63) is 57.6 Å². The van der Waals surface area contributed by atoms with Crippen LogP contribution in [0.5, 0.6) is 0 Å². The van der Waals surface area contributed by atoms with E-state index in [0.29, 0.717) is 22.3 Å². The first-order valence-corrected chi connectivity index (χ1v) is 6.92. The van der Waals surface area contributed by atoms with Gasteiger partial charge in [0.1, 0.15) is 0 Å². The summed E-state index contributed by atoms with van der Waals surface area (Å²) in [6, 6.07) is 11.8. The molecule has 0 saturated carbocycles. The van der Waals surface area contributed by atoms with Gasteiger partial charge < -0.3 is 11.1 Å². The van der Waals surface area contributed by atoms with Crippen LogP contribution in [0, 0.1) is 0 Å². The zero-order chi connectivity index (χ0) is 13.8. The molecule has 0 aliphatic carbocycles. The van der Waals surface area contributed by atoms with Crippen molar-refractivity contribution in [1.82, 2.24) is 0 Å². The Labute approximate surface area is 123 Å². The van der Waals surface area contributed by atoms with Gasteiger partial charge in [0, 0.05) is 12.2 Å². The van der Waals surface area contributed by atoms with Crippen molar-refractivity contribution in [1.29, 1.82) is 0 Å². The average molecular weight is 295 g/mol. The smallest absolute Gasteiger partial charge is 0.0723 e. The predicted octanol–water partition coefficient (Wildman–Crippen LogP) is 4.75. The number of hydrogen-bond acceptors (Lipinski definition) is 2. The summed E-state index contributed by atoms with van der Waals surface area (Å²) in [5.41, 5.74) is 9.46. The minimum Gasteiger partial charge on any atom is -0.399 e. The number of nitrogens with two attached hydrogens (primary N) is 1. The van der Waals surface area contributed by atoms with Gasteiger partial charge in [-0.15, -0.1) is 0 Å². The van der Waals surface area contributed by atoms with Crippen LogP contribution in [0.4, 0.5) is 11.4 Å². The molecule has 2 nitrogen and oxygen atoms in total. The van der Waals surface area contributed by atoms with Gasteiger partial charge in [-0.1, -0.05) is 54.4 Å². The van der Waals surface area contributed by atoms with Gasteiger partial charge in [0.05, 0.1) is 15.7 Å². The molecule has 0 bridgehead atoms. The number of aryl methyl sites for hydroxylation is 1. The van der Waals surface area contributed by atoms with E-state index in [0.717, 1.165) is 12.1 Å². The molecule has 0 saturated heterocycles. The number of benzene rings is 2. The fraction of sp³-hybridized carbons (Fsp3) is 0.200. The van der Waals surface area contributed by atoms with Crippen LogP contribution < -0.4 is 11.1 Å². The van der Waals surface area contributed by atoms with E-state index in [4.69, 9.17) is 28.9 Å². The summed E-state index contributed by atoms with van der Waals surface area (Å²) in [6.45, 7) is 2.81. The average Bonchev–Trinajstić information content (AvgIpc) is 2.38. The third-order valence-corrected chi connectivity index (χ3v) is 3.56. The van der Waals surface area contributed by atoms with Gasteiger partial charge in [-0.05, 0) is 29.7 Å². The fourth-order valence-corrected chi connectivity index (χ4v) is 2.48. The van der Waals surface area contributed by atoms with E-state index in [9.17, 15) is 0 Å². The summed E-state index contributed by atoms with van der Waals surface area (Å²) in [5, 5.41) is 4.32. The molecule has 0 spiro atoms. The highest BCUT2D eigenvalue weighted by Gasteiger charge is 2.06. The number of nitrogens with one attached hydrogen (secondary N) is 1. The Bertz CT molecular complexity index is 542. The van der Waals surface area contributed by atoms with Gasteiger partial charge in [0.2, 0.25) is 0 Å². The van der Waals surface area contributed by atoms with E-state index < -0.39 is 0 Å². The summed E-state index contributed by atoms with van der Waals surface area (Å²) < 4.78 is 0. The lowest BCUT2D eigenvalue weighted by molar-refractivity contribution is 1.11. The second-order valence-corrected chi connectivity index (χ2v) is 5.20. The fourth-order valence-electron chi connectivity index (χ4n) is 1.84. The highest BCUT2D eigenvalue weighted by atomic mass is 35.5. The van der Waals surface area contributed by atoms with E-state index in [2.05, 4.69) is 36.5 Å². The van der Waals surface area contributed by atoms with E-state index in [-0.39, 0.29) is 0 Å². The molecule has 2 rings (SSSR count). The highest BCUT2D eigenvalue weighted by Crippen LogP contribution is 2.33. The molecule has 100 valence electrons. The molecule has 0 heterocycles. The molecule has 0 radical (unpaired) electrons. The molecule has 3 N–H and O–H groups in total. The van der Waals surface area contributed by atoms with Gasteiger partial charge in [0.15, 0.2) is 0 Å². The zero-order valence-electron chi connectivity index (χ0n) is 10.7. The summed E-state index contributed by atoms with van der Waals surface area (Å²) in [4.78, 5) is 0. The molecule has 0 aliphatic rings. The Balaban J connectivity index is 2.10. The Morgan fingerprint density at radius 3 is 2.05 bits per heavy atom. The third kappa shape index (κ3) is 3.55. The summed E-state index contributed by atoms with van der Waals surface area (Å²) in [7, 11) is 0. The largest absolute Gasteiger partial charge is 0.399 e. The minimum atomic E-state index is 0.537. The molecule has 2 aromatic rings. The van der Waals surface area contributed by atoms with Crippen molar-refractivity contribution in [2.75, 3.05) is 11.1 Å². The Morgan fingerprint density at radius 2 is 1.53 bits per heavy atom. The molecule has 0 aromatic heterocycles. The van der Waals surface area contributed by atoms with Gasteiger partial charge in [0.25, 0.3) is 0 Å². The Kier molecular flexibility index (Phi) is 4.56. The van der Waals surface area contributed by atoms with Crippen LogP contribution in [0.2, 0.25) is 10.0 Å². The van der Waals surface area contributed by atoms with E-state index in [1.165, 1.54) is 11.1 Å². The molecule has 4 heteroatoms. The number of anilines is 2. The van der Waals surface area contributed by atoms with Crippen LogP contribution in [0.25, 0.3) is 0 Å². The Hall–Kier alpha value is -1.38. The quantitative estimate of drug-likeness (QED) is 0.799. The standard InChI is InChI=1S/C15H16Cl2N2/c1-2-10-3-5-11(6-4-10)9-19-15-13(16)7-12(18)8-14(15)17/h3-8,19H,2,9,18H2,1H3. The normalized spacial score (nSPS) is 10.5. The SMILES string of the molecule is CCc1ccc(CNc2c(Cl)cc(N)cc2Cl)cc1. The lowest BCUT2D eigenvalue weighted by atomic mass is 10.1. The summed E-state index contributed by atoms with van der Waals surface area (Å²) in [6.07, 6.45) is 1.04. The van der Waals surface area contributed by atoms with E-state index in [1.807, 2.05) is 0 Å². The molecular formula is C15H16Cl2N2. The van der Waals surface area contributed by atoms with Crippen molar-refractivity contribution in [3.63, 3.8) is 0 Å². The predicted molar refractivity (Wildman–Crippen MR) is 84.0 cm³/mol. The van der Waals surface area contributed by atoms with Crippen LogP contribution >= 0.6 is 23.2 Å². The van der Waals surface area contributed by atoms with Gasteiger partial charge in [-0.3, -0.25) is 0 Å². The number of halogens is 2. The number of rotatable bonds is 4. The molecular weight excluding hydrogens is 279 g/mol. The minimum absolute atomic E-state index is 0.537. The number of hydrogen-bond donors (Lipinski definition) is 2. The van der Waals surface area contributed by atoms with Crippen LogP contribution in [0.1, 0.15) is 18.1 Å². The lowest BCUT2D eigenvalue weighted by Crippen LogP contribution is -2.01. The highest BCUT2D eigenvalue weighted by molar-refractivity contribution is 6.39. The van der Waals surface area contributed by atoms with Crippen LogP contribution in [0.3, 0.4) is 0 Å². The molecule has 0 atom stereocenters. The molecule has 19 heavy (non-hydrogen) atoms. The maximum Gasteiger partial charge on any atom is 0.0723 e. The van der Waals surface area contributed by atoms with Crippen molar-refractivity contribution >= 4 is 34.6 Å². The monoisotopic (exact) mass is 294 g/mol. The van der Waals surface area contributed by atoms with E-state index in [1.54, 1.807) is 12.1 Å². The second kappa shape index (κ2) is 6.18. The zero-order valence-corrected chi connectivity index (χ0v) is 12.2. The molecule has 2 aromatic carbocycles. The van der Waals surface area contributed by atoms with Crippen LogP contribution in [0.15, 0.2) is 36.4 Å². The first-order chi connectivity index (χ1) is 9.10. The first kappa shape index (κ1) is 14.0. The van der Waals surface area contributed by atoms with Gasteiger partial charge in [-0.2, -0.15) is 0 Å². The summed E-state index contributed by atoms with van der Waals surface area (Å²) in [5.74, 6) is 0. The van der Waals surface area contributed by atoms with Crippen molar-refractivity contribution in [2.24, 2.45) is 0 Å². The second-order valence-electron chi connectivity index (χ2n) is 4.38. The van der Waals surface area contributed by atoms with E-state index >= 15 is 0 Å². The maximum atomic E-state index is 6.12. The van der Waals surface area contributed by atoms with Crippen molar-refractivity contribution in [2.45, 2.75) is 19.9 Å². The Morgan fingerprint density at radius 1 is 1.00 bits per heavy atom. The maximum absolute atomic E-state index is 6.12. The molecule has 0 amide bonds. The van der Waals surface area contributed by atoms with Crippen molar-refractivity contribution in [3.8, 4) is 0 Å². The molecule has 0 unspecified atom stereocenters. The van der Waals surface area contributed by atoms with Gasteiger partial charge in [-0.25, -0.2) is 0 Å². The topological polar surface area (TPSA) is 38.0 Å². The summed E-state index contributed by atoms with van der Waals surface area (Å²) >= 11 is 12.2. The third-order valence-electron chi connectivity index (χ3n) is 2.96. The van der Waals surface area contributed by atoms with Crippen molar-refractivity contribution < 1.29 is 0 Å². The molecule has 0 aliphatic heterocycles. The first-order valence-electron chi connectivity index (χ1n) is 6.16. The van der Waals surface area contributed by atoms with Gasteiger partial charge >= 0.3 is 0 Å². The number of nitrogen functional groups attached to an aromatic ring is 1. The molecule has 0 fully saturated rings. The lowest BCUT2D eigenvalue weighted by Gasteiger charge is -2.11.